The quantitative estimate of drug-likeness (QED) is 0.512. The Labute approximate surface area is 180 Å². The number of anilines is 2. The summed E-state index contributed by atoms with van der Waals surface area (Å²) in [5.74, 6) is 0.245. The first kappa shape index (κ1) is 23.7. The van der Waals surface area contributed by atoms with Crippen LogP contribution in [0.3, 0.4) is 0 Å². The molecule has 1 unspecified atom stereocenters. The number of nitrogens with one attached hydrogen (secondary N) is 3. The summed E-state index contributed by atoms with van der Waals surface area (Å²) in [6, 6.07) is 11.7. The van der Waals surface area contributed by atoms with Crippen molar-refractivity contribution in [1.82, 2.24) is 4.72 Å². The molecular weight excluding hydrogens is 426 g/mol. The van der Waals surface area contributed by atoms with Crippen molar-refractivity contribution in [1.29, 1.82) is 0 Å². The van der Waals surface area contributed by atoms with E-state index in [1.165, 1.54) is 37.9 Å². The highest BCUT2D eigenvalue weighted by Crippen LogP contribution is 2.28. The van der Waals surface area contributed by atoms with Crippen LogP contribution < -0.4 is 20.1 Å². The maximum absolute atomic E-state index is 12.8. The van der Waals surface area contributed by atoms with E-state index < -0.39 is 22.0 Å². The molecule has 0 heterocycles. The fourth-order valence-corrected chi connectivity index (χ4v) is 4.36. The van der Waals surface area contributed by atoms with Gasteiger partial charge in [0.1, 0.15) is 11.8 Å². The molecule has 0 radical (unpaired) electrons. The summed E-state index contributed by atoms with van der Waals surface area (Å²) in [6.07, 6.45) is 2.19. The first-order valence-corrected chi connectivity index (χ1v) is 12.0. The van der Waals surface area contributed by atoms with E-state index in [-0.39, 0.29) is 10.8 Å². The molecule has 0 saturated carbocycles. The van der Waals surface area contributed by atoms with E-state index in [4.69, 9.17) is 4.74 Å². The van der Waals surface area contributed by atoms with Gasteiger partial charge < -0.3 is 15.4 Å². The number of hydrogen-bond acceptors (Lipinski definition) is 6. The third kappa shape index (κ3) is 6.75. The van der Waals surface area contributed by atoms with Crippen molar-refractivity contribution in [2.75, 3.05) is 29.8 Å². The standard InChI is InChI=1S/C20H25N3O5S2/c1-14(24)21-18-13-15(9-10-19(18)28-2)22-20(25)17(11-12-29-3)23-30(26,27)16-7-5-4-6-8-16/h4-10,13,17,23H,11-12H2,1-3H3,(H,21,24)(H,22,25). The number of thioether (sulfide) groups is 1. The third-order valence-corrected chi connectivity index (χ3v) is 6.19. The molecule has 2 amide bonds. The molecule has 162 valence electrons. The summed E-state index contributed by atoms with van der Waals surface area (Å²) in [4.78, 5) is 24.3. The zero-order valence-electron chi connectivity index (χ0n) is 17.0. The second-order valence-corrected chi connectivity index (χ2v) is 9.05. The van der Waals surface area contributed by atoms with Gasteiger partial charge in [0.15, 0.2) is 0 Å². The lowest BCUT2D eigenvalue weighted by Crippen LogP contribution is -2.44. The molecule has 2 aromatic rings. The number of carbonyl (C=O) groups excluding carboxylic acids is 2. The molecule has 3 N–H and O–H groups in total. The Bertz CT molecular complexity index is 981. The molecule has 0 fully saturated rings. The van der Waals surface area contributed by atoms with E-state index in [2.05, 4.69) is 15.4 Å². The van der Waals surface area contributed by atoms with Gasteiger partial charge in [-0.3, -0.25) is 9.59 Å². The maximum atomic E-state index is 12.8. The highest BCUT2D eigenvalue weighted by Gasteiger charge is 2.25. The van der Waals surface area contributed by atoms with Gasteiger partial charge in [-0.2, -0.15) is 16.5 Å². The van der Waals surface area contributed by atoms with E-state index in [0.29, 0.717) is 29.3 Å². The van der Waals surface area contributed by atoms with E-state index in [1.54, 1.807) is 36.4 Å². The van der Waals surface area contributed by atoms with Gasteiger partial charge in [-0.05, 0) is 48.8 Å². The molecule has 30 heavy (non-hydrogen) atoms. The molecule has 0 aliphatic rings. The summed E-state index contributed by atoms with van der Waals surface area (Å²) >= 11 is 1.51. The van der Waals surface area contributed by atoms with Gasteiger partial charge in [0.25, 0.3) is 0 Å². The summed E-state index contributed by atoms with van der Waals surface area (Å²) < 4.78 is 33.0. The largest absolute Gasteiger partial charge is 0.495 e. The topological polar surface area (TPSA) is 114 Å². The number of sulfonamides is 1. The van der Waals surface area contributed by atoms with E-state index >= 15 is 0 Å². The van der Waals surface area contributed by atoms with Crippen LogP contribution >= 0.6 is 11.8 Å². The predicted molar refractivity (Wildman–Crippen MR) is 119 cm³/mol. The Hall–Kier alpha value is -2.56. The fourth-order valence-electron chi connectivity index (χ4n) is 2.64. The summed E-state index contributed by atoms with van der Waals surface area (Å²) in [7, 11) is -2.39. The fraction of sp³-hybridized carbons (Fsp3) is 0.300. The number of ether oxygens (including phenoxy) is 1. The monoisotopic (exact) mass is 451 g/mol. The number of benzene rings is 2. The van der Waals surface area contributed by atoms with Crippen molar-refractivity contribution in [3.05, 3.63) is 48.5 Å². The van der Waals surface area contributed by atoms with Crippen molar-refractivity contribution in [2.24, 2.45) is 0 Å². The highest BCUT2D eigenvalue weighted by molar-refractivity contribution is 7.98. The number of hydrogen-bond donors (Lipinski definition) is 3. The van der Waals surface area contributed by atoms with Crippen LogP contribution in [0.25, 0.3) is 0 Å². The van der Waals surface area contributed by atoms with Gasteiger partial charge in [0, 0.05) is 12.6 Å². The van der Waals surface area contributed by atoms with E-state index in [0.717, 1.165) is 0 Å². The van der Waals surface area contributed by atoms with Crippen LogP contribution in [0.1, 0.15) is 13.3 Å². The van der Waals surface area contributed by atoms with Gasteiger partial charge in [-0.1, -0.05) is 18.2 Å². The molecule has 0 spiro atoms. The average Bonchev–Trinajstić information content (AvgIpc) is 2.71. The lowest BCUT2D eigenvalue weighted by atomic mass is 10.2. The first-order chi connectivity index (χ1) is 14.3. The Balaban J connectivity index is 2.22. The normalized spacial score (nSPS) is 12.1. The lowest BCUT2D eigenvalue weighted by Gasteiger charge is -2.19. The van der Waals surface area contributed by atoms with Gasteiger partial charge in [-0.15, -0.1) is 0 Å². The maximum Gasteiger partial charge on any atom is 0.242 e. The van der Waals surface area contributed by atoms with Crippen LogP contribution in [-0.4, -0.2) is 45.4 Å². The Morgan fingerprint density at radius 3 is 2.40 bits per heavy atom. The van der Waals surface area contributed by atoms with Crippen molar-refractivity contribution in [3.63, 3.8) is 0 Å². The second-order valence-electron chi connectivity index (χ2n) is 6.35. The lowest BCUT2D eigenvalue weighted by molar-refractivity contribution is -0.117. The number of methoxy groups -OCH3 is 1. The number of amides is 2. The molecule has 0 aromatic heterocycles. The van der Waals surface area contributed by atoms with Gasteiger partial charge in [-0.25, -0.2) is 8.42 Å². The predicted octanol–water partition coefficient (Wildman–Crippen LogP) is 2.69. The van der Waals surface area contributed by atoms with Crippen molar-refractivity contribution in [2.45, 2.75) is 24.3 Å². The van der Waals surface area contributed by atoms with Gasteiger partial charge in [0.05, 0.1) is 17.7 Å². The molecule has 8 nitrogen and oxygen atoms in total. The Kier molecular flexibility index (Phi) is 8.70. The van der Waals surface area contributed by atoms with Crippen molar-refractivity contribution < 1.29 is 22.7 Å². The van der Waals surface area contributed by atoms with E-state index in [9.17, 15) is 18.0 Å². The second kappa shape index (κ2) is 11.0. The van der Waals surface area contributed by atoms with Crippen molar-refractivity contribution in [3.8, 4) is 5.75 Å². The molecular formula is C20H25N3O5S2. The minimum atomic E-state index is -3.86. The third-order valence-electron chi connectivity index (χ3n) is 4.06. The average molecular weight is 452 g/mol. The van der Waals surface area contributed by atoms with Crippen molar-refractivity contribution >= 4 is 45.0 Å². The Morgan fingerprint density at radius 1 is 1.10 bits per heavy atom. The zero-order valence-corrected chi connectivity index (χ0v) is 18.6. The molecule has 1 atom stereocenters. The van der Waals surface area contributed by atoms with Crippen LogP contribution in [0.5, 0.6) is 5.75 Å². The summed E-state index contributed by atoms with van der Waals surface area (Å²) in [5, 5.41) is 5.34. The van der Waals surface area contributed by atoms with Gasteiger partial charge in [0.2, 0.25) is 21.8 Å². The first-order valence-electron chi connectivity index (χ1n) is 9.09. The molecule has 2 aromatic carbocycles. The van der Waals surface area contributed by atoms with Crippen LogP contribution in [0.2, 0.25) is 0 Å². The van der Waals surface area contributed by atoms with Crippen LogP contribution in [0, 0.1) is 0 Å². The molecule has 0 aliphatic carbocycles. The smallest absolute Gasteiger partial charge is 0.242 e. The highest BCUT2D eigenvalue weighted by atomic mass is 32.2. The minimum Gasteiger partial charge on any atom is -0.495 e. The number of rotatable bonds is 10. The van der Waals surface area contributed by atoms with E-state index in [1.807, 2.05) is 6.26 Å². The Morgan fingerprint density at radius 2 is 1.80 bits per heavy atom. The molecule has 0 aliphatic heterocycles. The van der Waals surface area contributed by atoms with Crippen LogP contribution in [0.15, 0.2) is 53.4 Å². The molecule has 2 rings (SSSR count). The van der Waals surface area contributed by atoms with Gasteiger partial charge >= 0.3 is 0 Å². The molecule has 0 saturated heterocycles. The molecule has 10 heteroatoms. The summed E-state index contributed by atoms with van der Waals surface area (Å²) in [6.45, 7) is 1.36. The number of carbonyl (C=O) groups is 2. The summed E-state index contributed by atoms with van der Waals surface area (Å²) in [5.41, 5.74) is 0.797. The van der Waals surface area contributed by atoms with Crippen LogP contribution in [0.4, 0.5) is 11.4 Å². The minimum absolute atomic E-state index is 0.0874. The zero-order chi connectivity index (χ0) is 22.1. The SMILES string of the molecule is COc1ccc(NC(=O)C(CCSC)NS(=O)(=O)c2ccccc2)cc1NC(C)=O. The van der Waals surface area contributed by atoms with Crippen LogP contribution in [-0.2, 0) is 19.6 Å². The molecule has 0 bridgehead atoms.